The first-order valence-corrected chi connectivity index (χ1v) is 6.16. The molecule has 1 amide bonds. The van der Waals surface area contributed by atoms with Crippen LogP contribution in [0.2, 0.25) is 0 Å². The Bertz CT molecular complexity index is 762. The largest absolute Gasteiger partial charge is 0.324 e. The second-order valence-corrected chi connectivity index (χ2v) is 4.52. The van der Waals surface area contributed by atoms with E-state index >= 15 is 0 Å². The number of H-pyrrole nitrogens is 1. The first-order valence-electron chi connectivity index (χ1n) is 6.16. The van der Waals surface area contributed by atoms with Crippen molar-refractivity contribution in [2.45, 2.75) is 6.92 Å². The van der Waals surface area contributed by atoms with Gasteiger partial charge >= 0.3 is 0 Å². The molecule has 0 aliphatic rings. The highest BCUT2D eigenvalue weighted by Gasteiger charge is 2.10. The van der Waals surface area contributed by atoms with Crippen LogP contribution >= 0.6 is 0 Å². The third kappa shape index (κ3) is 2.25. The van der Waals surface area contributed by atoms with E-state index in [2.05, 4.69) is 15.3 Å². The molecule has 0 saturated carbocycles. The van der Waals surface area contributed by atoms with Gasteiger partial charge in [-0.25, -0.2) is 9.37 Å². The van der Waals surface area contributed by atoms with Crippen LogP contribution in [0.1, 0.15) is 15.9 Å². The van der Waals surface area contributed by atoms with Gasteiger partial charge in [0.2, 0.25) is 5.95 Å². The van der Waals surface area contributed by atoms with Gasteiger partial charge in [0.25, 0.3) is 5.91 Å². The maximum atomic E-state index is 13.2. The number of imidazole rings is 1. The lowest BCUT2D eigenvalue weighted by atomic mass is 10.1. The van der Waals surface area contributed by atoms with Crippen LogP contribution in [-0.4, -0.2) is 15.9 Å². The van der Waals surface area contributed by atoms with Crippen LogP contribution < -0.4 is 5.32 Å². The van der Waals surface area contributed by atoms with Gasteiger partial charge in [-0.1, -0.05) is 12.1 Å². The van der Waals surface area contributed by atoms with Gasteiger partial charge in [-0.15, -0.1) is 0 Å². The van der Waals surface area contributed by atoms with Crippen LogP contribution in [0, 0.1) is 12.7 Å². The van der Waals surface area contributed by atoms with Crippen molar-refractivity contribution in [3.63, 3.8) is 0 Å². The second-order valence-electron chi connectivity index (χ2n) is 4.52. The Morgan fingerprint density at radius 3 is 2.80 bits per heavy atom. The van der Waals surface area contributed by atoms with Crippen molar-refractivity contribution in [2.24, 2.45) is 0 Å². The second kappa shape index (κ2) is 4.77. The van der Waals surface area contributed by atoms with E-state index in [0.717, 1.165) is 11.0 Å². The smallest absolute Gasteiger partial charge is 0.257 e. The summed E-state index contributed by atoms with van der Waals surface area (Å²) in [5, 5.41) is 2.67. The Kier molecular flexibility index (Phi) is 2.95. The van der Waals surface area contributed by atoms with Gasteiger partial charge < -0.3 is 4.98 Å². The molecule has 2 aromatic carbocycles. The molecule has 3 rings (SSSR count). The number of halogens is 1. The first kappa shape index (κ1) is 12.3. The minimum absolute atomic E-state index is 0.327. The van der Waals surface area contributed by atoms with Crippen molar-refractivity contribution in [2.75, 3.05) is 5.32 Å². The van der Waals surface area contributed by atoms with Gasteiger partial charge in [0.05, 0.1) is 11.0 Å². The highest BCUT2D eigenvalue weighted by molar-refractivity contribution is 6.04. The van der Waals surface area contributed by atoms with Crippen molar-refractivity contribution in [1.29, 1.82) is 0 Å². The number of aromatic amines is 1. The number of nitrogens with zero attached hydrogens (tertiary/aromatic N) is 1. The van der Waals surface area contributed by atoms with E-state index in [-0.39, 0.29) is 11.7 Å². The van der Waals surface area contributed by atoms with Gasteiger partial charge in [0.1, 0.15) is 5.82 Å². The van der Waals surface area contributed by atoms with E-state index < -0.39 is 0 Å². The summed E-state index contributed by atoms with van der Waals surface area (Å²) in [6.45, 7) is 1.62. The number of amides is 1. The van der Waals surface area contributed by atoms with E-state index in [0.29, 0.717) is 17.1 Å². The normalized spacial score (nSPS) is 10.7. The zero-order valence-electron chi connectivity index (χ0n) is 10.8. The molecular weight excluding hydrogens is 257 g/mol. The standard InChI is InChI=1S/C15H12FN3O/c1-9-8-10(6-7-11(9)16)14(20)19-15-17-12-4-2-3-5-13(12)18-15/h2-8H,1H3,(H2,17,18,19,20). The Morgan fingerprint density at radius 1 is 1.25 bits per heavy atom. The van der Waals surface area contributed by atoms with Crippen LogP contribution in [0.15, 0.2) is 42.5 Å². The fourth-order valence-corrected chi connectivity index (χ4v) is 1.98. The van der Waals surface area contributed by atoms with Crippen molar-refractivity contribution >= 4 is 22.9 Å². The number of nitrogens with one attached hydrogen (secondary N) is 2. The quantitative estimate of drug-likeness (QED) is 0.750. The van der Waals surface area contributed by atoms with Crippen LogP contribution in [0.3, 0.4) is 0 Å². The summed E-state index contributed by atoms with van der Waals surface area (Å²) >= 11 is 0. The van der Waals surface area contributed by atoms with Crippen molar-refractivity contribution in [1.82, 2.24) is 9.97 Å². The number of para-hydroxylation sites is 2. The molecule has 0 fully saturated rings. The molecule has 1 aromatic heterocycles. The molecule has 4 nitrogen and oxygen atoms in total. The molecule has 0 radical (unpaired) electrons. The summed E-state index contributed by atoms with van der Waals surface area (Å²) < 4.78 is 13.2. The van der Waals surface area contributed by atoms with Gasteiger partial charge in [0, 0.05) is 5.56 Å². The van der Waals surface area contributed by atoms with Gasteiger partial charge in [0.15, 0.2) is 0 Å². The SMILES string of the molecule is Cc1cc(C(=O)Nc2nc3ccccc3[nH]2)ccc1F. The van der Waals surface area contributed by atoms with E-state index in [1.165, 1.54) is 18.2 Å². The Hall–Kier alpha value is -2.69. The number of carbonyl (C=O) groups is 1. The highest BCUT2D eigenvalue weighted by Crippen LogP contribution is 2.15. The lowest BCUT2D eigenvalue weighted by Gasteiger charge is -2.03. The van der Waals surface area contributed by atoms with Gasteiger partial charge in [-0.3, -0.25) is 10.1 Å². The number of fused-ring (bicyclic) bond motifs is 1. The third-order valence-corrected chi connectivity index (χ3v) is 3.04. The van der Waals surface area contributed by atoms with Crippen LogP contribution in [0.25, 0.3) is 11.0 Å². The number of rotatable bonds is 2. The fourth-order valence-electron chi connectivity index (χ4n) is 1.98. The number of benzene rings is 2. The molecule has 100 valence electrons. The van der Waals surface area contributed by atoms with E-state index in [1.54, 1.807) is 6.92 Å². The molecule has 0 atom stereocenters. The number of aryl methyl sites for hydroxylation is 1. The number of carbonyl (C=O) groups excluding carboxylic acids is 1. The van der Waals surface area contributed by atoms with Crippen LogP contribution in [-0.2, 0) is 0 Å². The van der Waals surface area contributed by atoms with Crippen LogP contribution in [0.5, 0.6) is 0 Å². The summed E-state index contributed by atoms with van der Waals surface area (Å²) in [5.41, 5.74) is 2.45. The first-order chi connectivity index (χ1) is 9.63. The number of aromatic nitrogens is 2. The fraction of sp³-hybridized carbons (Fsp3) is 0.0667. The van der Waals surface area contributed by atoms with Crippen molar-refractivity contribution in [3.8, 4) is 0 Å². The molecule has 5 heteroatoms. The maximum Gasteiger partial charge on any atom is 0.257 e. The molecule has 3 aromatic rings. The summed E-state index contributed by atoms with van der Waals surface area (Å²) in [6.07, 6.45) is 0. The van der Waals surface area contributed by atoms with Crippen LogP contribution in [0.4, 0.5) is 10.3 Å². The summed E-state index contributed by atoms with van der Waals surface area (Å²) in [7, 11) is 0. The van der Waals surface area contributed by atoms with Gasteiger partial charge in [-0.05, 0) is 42.8 Å². The molecule has 0 saturated heterocycles. The Morgan fingerprint density at radius 2 is 2.05 bits per heavy atom. The molecule has 0 spiro atoms. The summed E-state index contributed by atoms with van der Waals surface area (Å²) in [4.78, 5) is 19.3. The van der Waals surface area contributed by atoms with Crippen molar-refractivity contribution in [3.05, 3.63) is 59.4 Å². The average Bonchev–Trinajstić information content (AvgIpc) is 2.83. The molecular formula is C15H12FN3O. The van der Waals surface area contributed by atoms with Gasteiger partial charge in [-0.2, -0.15) is 0 Å². The summed E-state index contributed by atoms with van der Waals surface area (Å²) in [5.74, 6) is -0.282. The van der Waals surface area contributed by atoms with E-state index in [9.17, 15) is 9.18 Å². The predicted octanol–water partition coefficient (Wildman–Crippen LogP) is 3.26. The maximum absolute atomic E-state index is 13.2. The van der Waals surface area contributed by atoms with E-state index in [4.69, 9.17) is 0 Å². The number of hydrogen-bond donors (Lipinski definition) is 2. The highest BCUT2D eigenvalue weighted by atomic mass is 19.1. The Balaban J connectivity index is 1.86. The lowest BCUT2D eigenvalue weighted by molar-refractivity contribution is 0.102. The molecule has 2 N–H and O–H groups in total. The topological polar surface area (TPSA) is 57.8 Å². The summed E-state index contributed by atoms with van der Waals surface area (Å²) in [6, 6.07) is 11.7. The average molecular weight is 269 g/mol. The molecule has 1 heterocycles. The molecule has 0 aliphatic heterocycles. The monoisotopic (exact) mass is 269 g/mol. The van der Waals surface area contributed by atoms with Crippen molar-refractivity contribution < 1.29 is 9.18 Å². The minimum Gasteiger partial charge on any atom is -0.324 e. The molecule has 20 heavy (non-hydrogen) atoms. The minimum atomic E-state index is -0.328. The molecule has 0 bridgehead atoms. The predicted molar refractivity (Wildman–Crippen MR) is 75.2 cm³/mol. The third-order valence-electron chi connectivity index (χ3n) is 3.04. The lowest BCUT2D eigenvalue weighted by Crippen LogP contribution is -2.13. The van der Waals surface area contributed by atoms with E-state index in [1.807, 2.05) is 24.3 Å². The zero-order valence-corrected chi connectivity index (χ0v) is 10.8. The zero-order chi connectivity index (χ0) is 14.1. The number of hydrogen-bond acceptors (Lipinski definition) is 2. The number of anilines is 1. The molecule has 0 aliphatic carbocycles. The Labute approximate surface area is 114 Å². The molecule has 0 unspecified atom stereocenters.